The van der Waals surface area contributed by atoms with Crippen LogP contribution in [0.4, 0.5) is 0 Å². The van der Waals surface area contributed by atoms with Gasteiger partial charge >= 0.3 is 0 Å². The van der Waals surface area contributed by atoms with Crippen LogP contribution < -0.4 is 5.32 Å². The van der Waals surface area contributed by atoms with E-state index >= 15 is 0 Å². The van der Waals surface area contributed by atoms with Gasteiger partial charge in [-0.05, 0) is 119 Å². The standard InChI is InChI=1S/C37H65NO/c1-29(33-19-12-18-32-16-5-4-6-17-34(32)28-33)13-7-8-24-37(2,3)25-9-10-26-38-36(39)35-23-22-31(27-35)21-20-30-14-11-15-30/h29-31,33,35H,4-28H2,1-3H3,(H,38,39). The second-order valence-electron chi connectivity index (χ2n) is 15.5. The van der Waals surface area contributed by atoms with Gasteiger partial charge in [-0.3, -0.25) is 4.79 Å². The van der Waals surface area contributed by atoms with Gasteiger partial charge in [-0.2, -0.15) is 0 Å². The fourth-order valence-corrected chi connectivity index (χ4v) is 8.58. The summed E-state index contributed by atoms with van der Waals surface area (Å²) in [6.07, 6.45) is 33.0. The Morgan fingerprint density at radius 2 is 1.51 bits per heavy atom. The molecule has 4 aliphatic carbocycles. The topological polar surface area (TPSA) is 29.1 Å². The highest BCUT2D eigenvalue weighted by atomic mass is 16.1. The van der Waals surface area contributed by atoms with Crippen molar-refractivity contribution in [1.29, 1.82) is 0 Å². The zero-order chi connectivity index (χ0) is 27.5. The Morgan fingerprint density at radius 1 is 0.795 bits per heavy atom. The lowest BCUT2D eigenvalue weighted by atomic mass is 9.79. The van der Waals surface area contributed by atoms with Gasteiger partial charge in [0.15, 0.2) is 0 Å². The third-order valence-corrected chi connectivity index (χ3v) is 11.8. The summed E-state index contributed by atoms with van der Waals surface area (Å²) in [5, 5.41) is 3.30. The maximum atomic E-state index is 12.7. The molecule has 224 valence electrons. The Bertz CT molecular complexity index is 761. The molecule has 0 bridgehead atoms. The first-order valence-corrected chi connectivity index (χ1v) is 17.9. The van der Waals surface area contributed by atoms with Crippen LogP contribution in [-0.4, -0.2) is 12.5 Å². The monoisotopic (exact) mass is 540 g/mol. The minimum absolute atomic E-state index is 0.305. The van der Waals surface area contributed by atoms with Crippen LogP contribution in [-0.2, 0) is 4.79 Å². The van der Waals surface area contributed by atoms with Gasteiger partial charge in [-0.1, -0.05) is 96.1 Å². The fraction of sp³-hybridized carbons (Fsp3) is 0.919. The van der Waals surface area contributed by atoms with Crippen molar-refractivity contribution in [3.63, 3.8) is 0 Å². The number of carbonyl (C=O) groups is 1. The molecule has 0 aromatic carbocycles. The first-order chi connectivity index (χ1) is 18.9. The van der Waals surface area contributed by atoms with Crippen molar-refractivity contribution in [3.05, 3.63) is 11.1 Å². The van der Waals surface area contributed by atoms with E-state index in [-0.39, 0.29) is 0 Å². The average molecular weight is 540 g/mol. The number of carbonyl (C=O) groups excluding carboxylic acids is 1. The quantitative estimate of drug-likeness (QED) is 0.163. The fourth-order valence-electron chi connectivity index (χ4n) is 8.58. The van der Waals surface area contributed by atoms with E-state index in [1.165, 1.54) is 135 Å². The van der Waals surface area contributed by atoms with Crippen LogP contribution in [0.5, 0.6) is 0 Å². The van der Waals surface area contributed by atoms with Gasteiger partial charge in [-0.25, -0.2) is 0 Å². The Kier molecular flexibility index (Phi) is 12.8. The normalized spacial score (nSPS) is 27.4. The Morgan fingerprint density at radius 3 is 2.28 bits per heavy atom. The van der Waals surface area contributed by atoms with Gasteiger partial charge in [-0.15, -0.1) is 0 Å². The Hall–Kier alpha value is -0.790. The van der Waals surface area contributed by atoms with E-state index in [1.807, 2.05) is 11.1 Å². The van der Waals surface area contributed by atoms with Gasteiger partial charge in [0.2, 0.25) is 5.91 Å². The molecule has 4 aliphatic rings. The van der Waals surface area contributed by atoms with Crippen LogP contribution in [0.25, 0.3) is 0 Å². The van der Waals surface area contributed by atoms with E-state index in [2.05, 4.69) is 26.1 Å². The molecule has 0 aromatic rings. The maximum absolute atomic E-state index is 12.7. The zero-order valence-electron chi connectivity index (χ0n) is 26.5. The number of allylic oxidation sites excluding steroid dienone is 2. The summed E-state index contributed by atoms with van der Waals surface area (Å²) in [7, 11) is 0. The molecule has 0 aromatic heterocycles. The summed E-state index contributed by atoms with van der Waals surface area (Å²) in [5.74, 6) is 4.34. The minimum atomic E-state index is 0.305. The highest BCUT2D eigenvalue weighted by molar-refractivity contribution is 5.78. The summed E-state index contributed by atoms with van der Waals surface area (Å²) in [5.41, 5.74) is 4.21. The molecule has 4 atom stereocenters. The van der Waals surface area contributed by atoms with E-state index in [1.54, 1.807) is 0 Å². The van der Waals surface area contributed by atoms with Crippen LogP contribution in [0.3, 0.4) is 0 Å². The molecule has 2 saturated carbocycles. The summed E-state index contributed by atoms with van der Waals surface area (Å²) in [6, 6.07) is 0. The molecule has 4 unspecified atom stereocenters. The molecular weight excluding hydrogens is 474 g/mol. The Labute approximate surface area is 243 Å². The molecule has 1 amide bonds. The van der Waals surface area contributed by atoms with E-state index in [0.717, 1.165) is 49.5 Å². The lowest BCUT2D eigenvalue weighted by Gasteiger charge is -2.27. The van der Waals surface area contributed by atoms with Gasteiger partial charge in [0.05, 0.1) is 0 Å². The van der Waals surface area contributed by atoms with Gasteiger partial charge in [0.1, 0.15) is 0 Å². The lowest BCUT2D eigenvalue weighted by Crippen LogP contribution is -2.30. The number of amides is 1. The SMILES string of the molecule is CC(CCCCC(C)(C)CCCCNC(=O)C1CCC(CCC2CCC2)C1)C1CCCC2=C(CCCCC2)C1. The van der Waals surface area contributed by atoms with Gasteiger partial charge in [0.25, 0.3) is 0 Å². The minimum Gasteiger partial charge on any atom is -0.356 e. The Balaban J connectivity index is 1.02. The molecule has 0 heterocycles. The summed E-state index contributed by atoms with van der Waals surface area (Å²) in [4.78, 5) is 12.7. The van der Waals surface area contributed by atoms with E-state index in [9.17, 15) is 4.79 Å². The summed E-state index contributed by atoms with van der Waals surface area (Å²) >= 11 is 0. The second kappa shape index (κ2) is 16.0. The van der Waals surface area contributed by atoms with Crippen molar-refractivity contribution in [1.82, 2.24) is 5.32 Å². The smallest absolute Gasteiger partial charge is 0.223 e. The number of nitrogens with one attached hydrogen (secondary N) is 1. The maximum Gasteiger partial charge on any atom is 0.223 e. The lowest BCUT2D eigenvalue weighted by molar-refractivity contribution is -0.124. The molecule has 1 N–H and O–H groups in total. The molecular formula is C37H65NO. The average Bonchev–Trinajstić information content (AvgIpc) is 3.12. The van der Waals surface area contributed by atoms with Crippen LogP contribution in [0.2, 0.25) is 0 Å². The van der Waals surface area contributed by atoms with Crippen molar-refractivity contribution in [2.45, 2.75) is 175 Å². The van der Waals surface area contributed by atoms with Gasteiger partial charge < -0.3 is 5.32 Å². The molecule has 39 heavy (non-hydrogen) atoms. The predicted molar refractivity (Wildman–Crippen MR) is 168 cm³/mol. The summed E-state index contributed by atoms with van der Waals surface area (Å²) < 4.78 is 0. The van der Waals surface area contributed by atoms with E-state index in [4.69, 9.17) is 0 Å². The third-order valence-electron chi connectivity index (χ3n) is 11.8. The number of hydrogen-bond donors (Lipinski definition) is 1. The largest absolute Gasteiger partial charge is 0.356 e. The number of hydrogen-bond acceptors (Lipinski definition) is 1. The van der Waals surface area contributed by atoms with Crippen molar-refractivity contribution < 1.29 is 4.79 Å². The van der Waals surface area contributed by atoms with Gasteiger partial charge in [0, 0.05) is 12.5 Å². The van der Waals surface area contributed by atoms with Crippen LogP contribution in [0.1, 0.15) is 175 Å². The molecule has 2 fully saturated rings. The number of unbranched alkanes of at least 4 members (excludes halogenated alkanes) is 2. The highest BCUT2D eigenvalue weighted by Gasteiger charge is 2.30. The van der Waals surface area contributed by atoms with Crippen molar-refractivity contribution in [2.75, 3.05) is 6.54 Å². The highest BCUT2D eigenvalue weighted by Crippen LogP contribution is 2.40. The van der Waals surface area contributed by atoms with Crippen LogP contribution >= 0.6 is 0 Å². The van der Waals surface area contributed by atoms with Crippen molar-refractivity contribution in [3.8, 4) is 0 Å². The molecule has 0 radical (unpaired) electrons. The summed E-state index contributed by atoms with van der Waals surface area (Å²) in [6.45, 7) is 8.40. The molecule has 4 rings (SSSR count). The first kappa shape index (κ1) is 31.2. The van der Waals surface area contributed by atoms with Crippen LogP contribution in [0.15, 0.2) is 11.1 Å². The third kappa shape index (κ3) is 10.5. The molecule has 2 nitrogen and oxygen atoms in total. The molecule has 0 spiro atoms. The number of rotatable bonds is 15. The zero-order valence-corrected chi connectivity index (χ0v) is 26.5. The van der Waals surface area contributed by atoms with E-state index in [0.29, 0.717) is 17.2 Å². The van der Waals surface area contributed by atoms with Crippen LogP contribution in [0, 0.1) is 35.0 Å². The molecule has 0 saturated heterocycles. The second-order valence-corrected chi connectivity index (χ2v) is 15.5. The predicted octanol–water partition coefficient (Wildman–Crippen LogP) is 10.9. The van der Waals surface area contributed by atoms with Crippen molar-refractivity contribution in [2.24, 2.45) is 35.0 Å². The van der Waals surface area contributed by atoms with E-state index < -0.39 is 0 Å². The first-order valence-electron chi connectivity index (χ1n) is 17.9. The molecule has 2 heteroatoms. The molecule has 0 aliphatic heterocycles. The van der Waals surface area contributed by atoms with Crippen molar-refractivity contribution >= 4 is 5.91 Å².